The van der Waals surface area contributed by atoms with Crippen LogP contribution in [0.1, 0.15) is 51.0 Å². The lowest BCUT2D eigenvalue weighted by atomic mass is 9.80. The van der Waals surface area contributed by atoms with Gasteiger partial charge in [-0.1, -0.05) is 30.3 Å². The molecule has 0 aromatic heterocycles. The molecule has 0 bridgehead atoms. The maximum Gasteiger partial charge on any atom is 0.306 e. The molecule has 4 nitrogen and oxygen atoms in total. The Morgan fingerprint density at radius 2 is 1.75 bits per heavy atom. The van der Waals surface area contributed by atoms with Crippen molar-refractivity contribution in [2.75, 3.05) is 6.54 Å². The molecule has 1 aliphatic heterocycles. The van der Waals surface area contributed by atoms with Gasteiger partial charge in [0, 0.05) is 18.0 Å². The van der Waals surface area contributed by atoms with Crippen LogP contribution < -0.4 is 0 Å². The lowest BCUT2D eigenvalue weighted by Gasteiger charge is -2.39. The van der Waals surface area contributed by atoms with Crippen molar-refractivity contribution in [2.24, 2.45) is 11.8 Å². The van der Waals surface area contributed by atoms with Crippen molar-refractivity contribution in [1.29, 1.82) is 0 Å². The number of nitrogens with zero attached hydrogens (tertiary/aromatic N) is 1. The molecule has 4 heteroatoms. The molecule has 1 saturated heterocycles. The molecule has 1 heterocycles. The van der Waals surface area contributed by atoms with E-state index < -0.39 is 5.97 Å². The standard InChI is InChI=1S/C20H27NO3/c1-20(14-15-6-3-2-4-7-15)12-5-13-21(20)18(22)16-8-10-17(11-9-16)19(23)24/h2-4,6-7,16-17H,5,8-14H2,1H3,(H,23,24). The summed E-state index contributed by atoms with van der Waals surface area (Å²) in [5, 5.41) is 9.13. The highest BCUT2D eigenvalue weighted by Gasteiger charge is 2.42. The zero-order chi connectivity index (χ0) is 17.2. The minimum atomic E-state index is -0.712. The number of aliphatic carboxylic acids is 1. The predicted molar refractivity (Wildman–Crippen MR) is 92.6 cm³/mol. The van der Waals surface area contributed by atoms with Gasteiger partial charge in [0.2, 0.25) is 5.91 Å². The van der Waals surface area contributed by atoms with Crippen LogP contribution in [0.4, 0.5) is 0 Å². The Kier molecular flexibility index (Phi) is 4.93. The number of carboxylic acids is 1. The zero-order valence-corrected chi connectivity index (χ0v) is 14.4. The molecule has 1 aromatic carbocycles. The van der Waals surface area contributed by atoms with Crippen molar-refractivity contribution < 1.29 is 14.7 Å². The summed E-state index contributed by atoms with van der Waals surface area (Å²) < 4.78 is 0. The van der Waals surface area contributed by atoms with Gasteiger partial charge in [-0.3, -0.25) is 9.59 Å². The van der Waals surface area contributed by atoms with Crippen LogP contribution in [0.15, 0.2) is 30.3 Å². The molecule has 2 aliphatic rings. The van der Waals surface area contributed by atoms with E-state index in [2.05, 4.69) is 24.0 Å². The van der Waals surface area contributed by atoms with E-state index in [-0.39, 0.29) is 23.3 Å². The molecule has 3 rings (SSSR count). The molecule has 1 aliphatic carbocycles. The molecule has 24 heavy (non-hydrogen) atoms. The lowest BCUT2D eigenvalue weighted by molar-refractivity contribution is -0.147. The summed E-state index contributed by atoms with van der Waals surface area (Å²) >= 11 is 0. The van der Waals surface area contributed by atoms with Crippen LogP contribution in [0.3, 0.4) is 0 Å². The van der Waals surface area contributed by atoms with Crippen molar-refractivity contribution >= 4 is 11.9 Å². The van der Waals surface area contributed by atoms with Gasteiger partial charge in [-0.05, 0) is 57.4 Å². The van der Waals surface area contributed by atoms with Gasteiger partial charge in [0.05, 0.1) is 5.92 Å². The zero-order valence-electron chi connectivity index (χ0n) is 14.4. The lowest BCUT2D eigenvalue weighted by Crippen LogP contribution is -2.49. The molecule has 1 aromatic rings. The second-order valence-corrected chi connectivity index (χ2v) is 7.64. The fraction of sp³-hybridized carbons (Fsp3) is 0.600. The monoisotopic (exact) mass is 329 g/mol. The van der Waals surface area contributed by atoms with Gasteiger partial charge in [-0.15, -0.1) is 0 Å². The average molecular weight is 329 g/mol. The van der Waals surface area contributed by atoms with Gasteiger partial charge in [0.15, 0.2) is 0 Å². The van der Waals surface area contributed by atoms with Crippen molar-refractivity contribution in [2.45, 2.75) is 57.4 Å². The highest BCUT2D eigenvalue weighted by molar-refractivity contribution is 5.80. The number of likely N-dealkylation sites (tertiary alicyclic amines) is 1. The van der Waals surface area contributed by atoms with E-state index in [4.69, 9.17) is 5.11 Å². The van der Waals surface area contributed by atoms with Gasteiger partial charge in [0.1, 0.15) is 0 Å². The number of amides is 1. The number of rotatable bonds is 4. The summed E-state index contributed by atoms with van der Waals surface area (Å²) in [6.45, 7) is 3.04. The number of benzene rings is 1. The maximum absolute atomic E-state index is 13.1. The van der Waals surface area contributed by atoms with E-state index in [1.165, 1.54) is 5.56 Å². The highest BCUT2D eigenvalue weighted by atomic mass is 16.4. The molecular formula is C20H27NO3. The number of hydrogen-bond donors (Lipinski definition) is 1. The summed E-state index contributed by atoms with van der Waals surface area (Å²) in [5.74, 6) is -0.720. The van der Waals surface area contributed by atoms with Crippen LogP contribution in [0.25, 0.3) is 0 Å². The van der Waals surface area contributed by atoms with Gasteiger partial charge >= 0.3 is 5.97 Å². The molecule has 2 fully saturated rings. The van der Waals surface area contributed by atoms with Crippen LogP contribution in [-0.2, 0) is 16.0 Å². The first kappa shape index (κ1) is 17.0. The molecule has 0 spiro atoms. The fourth-order valence-electron chi connectivity index (χ4n) is 4.43. The van der Waals surface area contributed by atoms with E-state index in [0.29, 0.717) is 25.7 Å². The first-order valence-corrected chi connectivity index (χ1v) is 9.08. The Bertz CT molecular complexity index is 592. The molecule has 1 saturated carbocycles. The van der Waals surface area contributed by atoms with Crippen molar-refractivity contribution in [1.82, 2.24) is 4.90 Å². The Labute approximate surface area is 143 Å². The number of hydrogen-bond acceptors (Lipinski definition) is 2. The topological polar surface area (TPSA) is 57.6 Å². The third-order valence-electron chi connectivity index (χ3n) is 5.87. The largest absolute Gasteiger partial charge is 0.481 e. The van der Waals surface area contributed by atoms with Crippen LogP contribution >= 0.6 is 0 Å². The van der Waals surface area contributed by atoms with Crippen LogP contribution in [0.5, 0.6) is 0 Å². The number of carboxylic acid groups (broad SMARTS) is 1. The third-order valence-corrected chi connectivity index (χ3v) is 5.87. The third kappa shape index (κ3) is 3.47. The summed E-state index contributed by atoms with van der Waals surface area (Å²) in [6.07, 6.45) is 5.69. The van der Waals surface area contributed by atoms with E-state index in [0.717, 1.165) is 25.8 Å². The Morgan fingerprint density at radius 1 is 1.12 bits per heavy atom. The minimum absolute atomic E-state index is 0.00815. The second kappa shape index (κ2) is 6.96. The number of carbonyl (C=O) groups excluding carboxylic acids is 1. The molecular weight excluding hydrogens is 302 g/mol. The van der Waals surface area contributed by atoms with Crippen LogP contribution in [0.2, 0.25) is 0 Å². The van der Waals surface area contributed by atoms with E-state index in [9.17, 15) is 9.59 Å². The quantitative estimate of drug-likeness (QED) is 0.920. The highest BCUT2D eigenvalue weighted by Crippen LogP contribution is 2.37. The molecule has 0 radical (unpaired) electrons. The number of carbonyl (C=O) groups is 2. The fourth-order valence-corrected chi connectivity index (χ4v) is 4.43. The molecule has 1 amide bonds. The SMILES string of the molecule is CC1(Cc2ccccc2)CCCN1C(=O)C1CCC(C(=O)O)CC1. The van der Waals surface area contributed by atoms with Crippen molar-refractivity contribution in [3.63, 3.8) is 0 Å². The average Bonchev–Trinajstić information content (AvgIpc) is 2.96. The maximum atomic E-state index is 13.1. The molecule has 1 atom stereocenters. The van der Waals surface area contributed by atoms with E-state index in [1.807, 2.05) is 18.2 Å². The van der Waals surface area contributed by atoms with E-state index >= 15 is 0 Å². The smallest absolute Gasteiger partial charge is 0.306 e. The van der Waals surface area contributed by atoms with Crippen molar-refractivity contribution in [3.05, 3.63) is 35.9 Å². The second-order valence-electron chi connectivity index (χ2n) is 7.64. The molecule has 1 unspecified atom stereocenters. The van der Waals surface area contributed by atoms with Crippen molar-refractivity contribution in [3.8, 4) is 0 Å². The molecule has 1 N–H and O–H groups in total. The predicted octanol–water partition coefficient (Wildman–Crippen LogP) is 3.50. The summed E-state index contributed by atoms with van der Waals surface area (Å²) in [4.78, 5) is 26.2. The Balaban J connectivity index is 1.66. The van der Waals surface area contributed by atoms with Crippen LogP contribution in [0, 0.1) is 11.8 Å². The summed E-state index contributed by atoms with van der Waals surface area (Å²) in [7, 11) is 0. The van der Waals surface area contributed by atoms with Gasteiger partial charge < -0.3 is 10.0 Å². The Hall–Kier alpha value is -1.84. The van der Waals surface area contributed by atoms with Gasteiger partial charge in [0.25, 0.3) is 0 Å². The first-order chi connectivity index (χ1) is 11.5. The summed E-state index contributed by atoms with van der Waals surface area (Å²) in [6, 6.07) is 10.4. The minimum Gasteiger partial charge on any atom is -0.481 e. The van der Waals surface area contributed by atoms with E-state index in [1.54, 1.807) is 0 Å². The first-order valence-electron chi connectivity index (χ1n) is 9.08. The van der Waals surface area contributed by atoms with Crippen LogP contribution in [-0.4, -0.2) is 34.0 Å². The molecule has 130 valence electrons. The Morgan fingerprint density at radius 3 is 2.38 bits per heavy atom. The summed E-state index contributed by atoms with van der Waals surface area (Å²) in [5.41, 5.74) is 1.16. The normalized spacial score (nSPS) is 30.3. The van der Waals surface area contributed by atoms with Gasteiger partial charge in [-0.2, -0.15) is 0 Å². The van der Waals surface area contributed by atoms with Gasteiger partial charge in [-0.25, -0.2) is 0 Å².